The maximum Gasteiger partial charge on any atom is 0.339 e. The van der Waals surface area contributed by atoms with Crippen LogP contribution in [-0.4, -0.2) is 34.7 Å². The highest BCUT2D eigenvalue weighted by Crippen LogP contribution is 2.53. The van der Waals surface area contributed by atoms with Gasteiger partial charge in [0.2, 0.25) is 17.6 Å². The Balaban J connectivity index is 1.18. The maximum absolute atomic E-state index is 13.5. The lowest BCUT2D eigenvalue weighted by Crippen LogP contribution is -2.32. The van der Waals surface area contributed by atoms with E-state index in [-0.39, 0.29) is 46.8 Å². The first kappa shape index (κ1) is 27.7. The minimum atomic E-state index is -1.03. The van der Waals surface area contributed by atoms with Crippen LogP contribution in [0.2, 0.25) is 5.02 Å². The second-order valence-electron chi connectivity index (χ2n) is 11.2. The number of imide groups is 1. The number of ketones is 1. The van der Waals surface area contributed by atoms with Gasteiger partial charge in [0.05, 0.1) is 34.3 Å². The van der Waals surface area contributed by atoms with Crippen LogP contribution in [0.1, 0.15) is 34.1 Å². The van der Waals surface area contributed by atoms with E-state index in [0.29, 0.717) is 38.4 Å². The number of fused-ring (bicyclic) bond motifs is 6. The number of hydrogen-bond donors (Lipinski definition) is 0. The number of carbonyl (C=O) groups excluding carboxylic acids is 4. The van der Waals surface area contributed by atoms with Crippen molar-refractivity contribution >= 4 is 67.7 Å². The molecule has 3 aliphatic rings. The van der Waals surface area contributed by atoms with Crippen LogP contribution >= 0.6 is 27.5 Å². The van der Waals surface area contributed by atoms with E-state index >= 15 is 0 Å². The summed E-state index contributed by atoms with van der Waals surface area (Å²) in [7, 11) is 0. The van der Waals surface area contributed by atoms with Gasteiger partial charge in [-0.25, -0.2) is 9.78 Å². The molecular weight excluding hydrogens is 632 g/mol. The Bertz CT molecular complexity index is 1840. The predicted octanol–water partition coefficient (Wildman–Crippen LogP) is 7.06. The Morgan fingerprint density at radius 2 is 1.58 bits per heavy atom. The highest BCUT2D eigenvalue weighted by molar-refractivity contribution is 9.10. The Hall–Kier alpha value is -4.14. The molecule has 0 radical (unpaired) electrons. The van der Waals surface area contributed by atoms with Crippen LogP contribution < -0.4 is 4.90 Å². The molecule has 2 heterocycles. The monoisotopic (exact) mass is 654 g/mol. The molecule has 2 bridgehead atoms. The molecule has 0 unspecified atom stereocenters. The van der Waals surface area contributed by atoms with Crippen molar-refractivity contribution in [2.45, 2.75) is 19.4 Å². The molecular formula is C34H24BrClN2O5. The summed E-state index contributed by atoms with van der Waals surface area (Å²) in [6.07, 6.45) is 3.99. The van der Waals surface area contributed by atoms with E-state index < -0.39 is 12.1 Å². The second-order valence-corrected chi connectivity index (χ2v) is 12.5. The zero-order valence-corrected chi connectivity index (χ0v) is 25.2. The number of ether oxygens (including phenoxy) is 1. The van der Waals surface area contributed by atoms with Gasteiger partial charge in [-0.2, -0.15) is 0 Å². The first-order chi connectivity index (χ1) is 20.7. The lowest BCUT2D eigenvalue weighted by atomic mass is 9.85. The lowest BCUT2D eigenvalue weighted by molar-refractivity contribution is -0.123. The first-order valence-electron chi connectivity index (χ1n) is 14.0. The summed E-state index contributed by atoms with van der Waals surface area (Å²) in [4.78, 5) is 59.0. The summed E-state index contributed by atoms with van der Waals surface area (Å²) in [6, 6.07) is 20.5. The van der Waals surface area contributed by atoms with Crippen molar-refractivity contribution in [3.8, 4) is 11.3 Å². The van der Waals surface area contributed by atoms with Crippen molar-refractivity contribution < 1.29 is 23.9 Å². The fraction of sp³-hybridized carbons (Fsp3) is 0.206. The van der Waals surface area contributed by atoms with Crippen LogP contribution in [0.3, 0.4) is 0 Å². The van der Waals surface area contributed by atoms with Gasteiger partial charge in [-0.1, -0.05) is 51.8 Å². The lowest BCUT2D eigenvalue weighted by Gasteiger charge is -2.18. The number of benzene rings is 3. The van der Waals surface area contributed by atoms with Gasteiger partial charge in [-0.3, -0.25) is 19.3 Å². The Morgan fingerprint density at radius 3 is 2.23 bits per heavy atom. The fourth-order valence-corrected chi connectivity index (χ4v) is 7.07. The van der Waals surface area contributed by atoms with Gasteiger partial charge in [0.1, 0.15) is 0 Å². The van der Waals surface area contributed by atoms with Crippen molar-refractivity contribution in [1.82, 2.24) is 4.98 Å². The number of halogens is 2. The maximum atomic E-state index is 13.5. The van der Waals surface area contributed by atoms with E-state index in [1.807, 2.05) is 6.07 Å². The molecule has 43 heavy (non-hydrogen) atoms. The number of allylic oxidation sites excluding steroid dienone is 2. The van der Waals surface area contributed by atoms with Gasteiger partial charge >= 0.3 is 5.97 Å². The molecule has 214 valence electrons. The number of esters is 1. The van der Waals surface area contributed by atoms with Crippen LogP contribution in [-0.2, 0) is 14.3 Å². The van der Waals surface area contributed by atoms with E-state index in [1.165, 1.54) is 11.8 Å². The highest BCUT2D eigenvalue weighted by atomic mass is 79.9. The van der Waals surface area contributed by atoms with E-state index in [1.54, 1.807) is 66.7 Å². The third-order valence-electron chi connectivity index (χ3n) is 8.66. The molecule has 1 aromatic heterocycles. The highest BCUT2D eigenvalue weighted by Gasteiger charge is 2.59. The summed E-state index contributed by atoms with van der Waals surface area (Å²) in [5.74, 6) is -1.56. The minimum Gasteiger partial charge on any atom is -0.451 e. The van der Waals surface area contributed by atoms with Crippen molar-refractivity contribution in [1.29, 1.82) is 0 Å². The number of carbonyl (C=O) groups is 4. The van der Waals surface area contributed by atoms with E-state index in [9.17, 15) is 19.2 Å². The molecule has 7 rings (SSSR count). The van der Waals surface area contributed by atoms with Gasteiger partial charge in [-0.05, 0) is 85.8 Å². The largest absolute Gasteiger partial charge is 0.451 e. The quantitative estimate of drug-likeness (QED) is 0.0956. The molecule has 7 nitrogen and oxygen atoms in total. The Morgan fingerprint density at radius 1 is 0.930 bits per heavy atom. The first-order valence-corrected chi connectivity index (χ1v) is 15.1. The van der Waals surface area contributed by atoms with E-state index in [4.69, 9.17) is 21.3 Å². The molecule has 1 saturated heterocycles. The molecule has 2 amide bonds. The number of Topliss-reactive ketones (excluding diaryl/α,β-unsaturated/α-hetero) is 1. The molecule has 4 aromatic rings. The van der Waals surface area contributed by atoms with Gasteiger partial charge in [0.15, 0.2) is 6.10 Å². The fourth-order valence-electron chi connectivity index (χ4n) is 6.58. The summed E-state index contributed by atoms with van der Waals surface area (Å²) in [5.41, 5.74) is 2.91. The standard InChI is InChI=1S/C34H24BrClN2O5/c1-17(31(39)19-4-9-23(36)10-5-19)43-34(42)26-16-28(37-27-13-8-22(35)15-25(26)27)18-6-11-24(12-7-18)38-32(40)29-20-2-3-21(14-20)30(29)33(38)41/h2-13,15-17,20-21,29-30H,14H2,1H3/t17-,20+,21+,29-,30+/m1/s1. The Labute approximate surface area is 260 Å². The molecule has 2 aliphatic carbocycles. The van der Waals surface area contributed by atoms with Gasteiger partial charge < -0.3 is 4.74 Å². The third kappa shape index (κ3) is 4.69. The summed E-state index contributed by atoms with van der Waals surface area (Å²) in [6.45, 7) is 1.53. The van der Waals surface area contributed by atoms with Crippen molar-refractivity contribution in [3.63, 3.8) is 0 Å². The van der Waals surface area contributed by atoms with Crippen LogP contribution in [0.25, 0.3) is 22.2 Å². The second kappa shape index (κ2) is 10.5. The van der Waals surface area contributed by atoms with Crippen LogP contribution in [0, 0.1) is 23.7 Å². The SMILES string of the molecule is C[C@@H](OC(=O)c1cc(-c2ccc(N3C(=O)[C@@H]4[C@H](C3=O)[C@H]3C=C[C@H]4C3)cc2)nc2ccc(Br)cc12)C(=O)c1ccc(Cl)cc1. The van der Waals surface area contributed by atoms with Crippen molar-refractivity contribution in [2.75, 3.05) is 4.90 Å². The summed E-state index contributed by atoms with van der Waals surface area (Å²) < 4.78 is 6.40. The summed E-state index contributed by atoms with van der Waals surface area (Å²) >= 11 is 9.40. The average molecular weight is 656 g/mol. The van der Waals surface area contributed by atoms with Gasteiger partial charge in [-0.15, -0.1) is 0 Å². The molecule has 2 fully saturated rings. The zero-order chi connectivity index (χ0) is 30.0. The number of anilines is 1. The normalized spacial score (nSPS) is 22.7. The average Bonchev–Trinajstić information content (AvgIpc) is 3.70. The molecule has 5 atom stereocenters. The van der Waals surface area contributed by atoms with Crippen molar-refractivity contribution in [2.24, 2.45) is 23.7 Å². The Kier molecular flexibility index (Phi) is 6.78. The molecule has 3 aromatic carbocycles. The number of amides is 2. The number of hydrogen-bond acceptors (Lipinski definition) is 6. The third-order valence-corrected chi connectivity index (χ3v) is 9.41. The van der Waals surface area contributed by atoms with Crippen LogP contribution in [0.5, 0.6) is 0 Å². The van der Waals surface area contributed by atoms with Gasteiger partial charge in [0, 0.05) is 26.0 Å². The zero-order valence-electron chi connectivity index (χ0n) is 22.9. The molecule has 0 N–H and O–H groups in total. The molecule has 9 heteroatoms. The minimum absolute atomic E-state index is 0.138. The van der Waals surface area contributed by atoms with E-state index in [2.05, 4.69) is 28.1 Å². The molecule has 1 aliphatic heterocycles. The van der Waals surface area contributed by atoms with E-state index in [0.717, 1.165) is 10.9 Å². The molecule has 0 spiro atoms. The van der Waals surface area contributed by atoms with Crippen molar-refractivity contribution in [3.05, 3.63) is 106 Å². The topological polar surface area (TPSA) is 93.6 Å². The number of aromatic nitrogens is 1. The predicted molar refractivity (Wildman–Crippen MR) is 166 cm³/mol. The van der Waals surface area contributed by atoms with Crippen LogP contribution in [0.4, 0.5) is 5.69 Å². The summed E-state index contributed by atoms with van der Waals surface area (Å²) in [5, 5.41) is 1.06. The van der Waals surface area contributed by atoms with Gasteiger partial charge in [0.25, 0.3) is 0 Å². The number of rotatable bonds is 6. The van der Waals surface area contributed by atoms with Crippen LogP contribution in [0.15, 0.2) is 89.4 Å². The number of nitrogens with zero attached hydrogens (tertiary/aromatic N) is 2. The number of pyridine rings is 1. The smallest absolute Gasteiger partial charge is 0.339 e. The molecule has 1 saturated carbocycles.